The second-order valence-electron chi connectivity index (χ2n) is 6.64. The molecular formula is C19H17Cl3N2O3. The lowest BCUT2D eigenvalue weighted by Crippen LogP contribution is -2.47. The lowest BCUT2D eigenvalue weighted by Gasteiger charge is -2.28. The molecule has 3 amide bonds. The Kier molecular flexibility index (Phi) is 5.41. The van der Waals surface area contributed by atoms with Gasteiger partial charge in [-0.05, 0) is 36.2 Å². The summed E-state index contributed by atoms with van der Waals surface area (Å²) >= 11 is 17.7. The molecule has 0 spiro atoms. The zero-order chi connectivity index (χ0) is 19.9. The van der Waals surface area contributed by atoms with E-state index in [0.29, 0.717) is 27.7 Å². The number of urea groups is 1. The molecule has 27 heavy (non-hydrogen) atoms. The van der Waals surface area contributed by atoms with E-state index in [4.69, 9.17) is 34.8 Å². The highest BCUT2D eigenvalue weighted by Gasteiger charge is 2.53. The van der Waals surface area contributed by atoms with E-state index in [1.165, 1.54) is 23.1 Å². The summed E-state index contributed by atoms with van der Waals surface area (Å²) in [5.41, 5.74) is -0.443. The van der Waals surface area contributed by atoms with E-state index in [9.17, 15) is 14.7 Å². The number of carbonyl (C=O) groups is 2. The molecule has 3 rings (SSSR count). The third kappa shape index (κ3) is 3.65. The molecule has 1 fully saturated rings. The van der Waals surface area contributed by atoms with Crippen molar-refractivity contribution in [2.24, 2.45) is 0 Å². The van der Waals surface area contributed by atoms with Crippen molar-refractivity contribution in [2.75, 3.05) is 11.9 Å². The first-order valence-electron chi connectivity index (χ1n) is 8.13. The minimum atomic E-state index is -1.09. The van der Waals surface area contributed by atoms with E-state index in [1.807, 2.05) is 0 Å². The van der Waals surface area contributed by atoms with Crippen molar-refractivity contribution in [3.05, 3.63) is 63.6 Å². The predicted molar refractivity (Wildman–Crippen MR) is 106 cm³/mol. The van der Waals surface area contributed by atoms with E-state index in [0.717, 1.165) is 10.5 Å². The molecule has 5 nitrogen and oxygen atoms in total. The van der Waals surface area contributed by atoms with Gasteiger partial charge in [-0.25, -0.2) is 9.69 Å². The molecule has 8 heteroatoms. The van der Waals surface area contributed by atoms with Crippen LogP contribution in [0, 0.1) is 0 Å². The second-order valence-corrected chi connectivity index (χ2v) is 7.92. The highest BCUT2D eigenvalue weighted by atomic mass is 35.5. The van der Waals surface area contributed by atoms with Crippen molar-refractivity contribution in [1.82, 2.24) is 4.90 Å². The SMILES string of the molecule is CN1C(=O)N(c2cc(Cl)cc(Cl)c2)C(=O)C1(C)Cc1ccc(C(O)Cl)cc1. The minimum Gasteiger partial charge on any atom is -0.373 e. The number of nitrogens with zero attached hydrogens (tertiary/aromatic N) is 2. The van der Waals surface area contributed by atoms with E-state index < -0.39 is 17.1 Å². The van der Waals surface area contributed by atoms with Gasteiger partial charge in [0.15, 0.2) is 5.56 Å². The van der Waals surface area contributed by atoms with Gasteiger partial charge in [0.05, 0.1) is 5.69 Å². The summed E-state index contributed by atoms with van der Waals surface area (Å²) in [4.78, 5) is 28.5. The number of rotatable bonds is 4. The summed E-state index contributed by atoms with van der Waals surface area (Å²) in [6.07, 6.45) is 0.303. The van der Waals surface area contributed by atoms with E-state index in [1.54, 1.807) is 38.2 Å². The molecule has 2 atom stereocenters. The van der Waals surface area contributed by atoms with Crippen molar-refractivity contribution in [1.29, 1.82) is 0 Å². The molecule has 2 unspecified atom stereocenters. The number of alkyl halides is 1. The first-order chi connectivity index (χ1) is 12.6. The molecular weight excluding hydrogens is 411 g/mol. The van der Waals surface area contributed by atoms with Gasteiger partial charge in [0, 0.05) is 23.5 Å². The molecule has 0 bridgehead atoms. The second kappa shape index (κ2) is 7.32. The number of hydrogen-bond donors (Lipinski definition) is 1. The molecule has 2 aromatic carbocycles. The third-order valence-corrected chi connectivity index (χ3v) is 5.48. The topological polar surface area (TPSA) is 60.9 Å². The molecule has 0 saturated carbocycles. The van der Waals surface area contributed by atoms with Crippen LogP contribution >= 0.6 is 34.8 Å². The average molecular weight is 428 g/mol. The number of likely N-dealkylation sites (N-methyl/N-ethyl adjacent to an activating group) is 1. The number of aliphatic hydroxyl groups is 1. The van der Waals surface area contributed by atoms with Crippen molar-refractivity contribution in [3.63, 3.8) is 0 Å². The molecule has 2 aromatic rings. The molecule has 1 aliphatic heterocycles. The highest BCUT2D eigenvalue weighted by Crippen LogP contribution is 2.36. The van der Waals surface area contributed by atoms with Crippen LogP contribution < -0.4 is 4.90 Å². The number of carbonyl (C=O) groups excluding carboxylic acids is 2. The largest absolute Gasteiger partial charge is 0.373 e. The molecule has 0 aromatic heterocycles. The summed E-state index contributed by atoms with van der Waals surface area (Å²) in [6.45, 7) is 1.71. The molecule has 0 aliphatic carbocycles. The summed E-state index contributed by atoms with van der Waals surface area (Å²) < 4.78 is 0. The van der Waals surface area contributed by atoms with E-state index >= 15 is 0 Å². The first-order valence-corrected chi connectivity index (χ1v) is 9.32. The van der Waals surface area contributed by atoms with Gasteiger partial charge in [0.2, 0.25) is 0 Å². The van der Waals surface area contributed by atoms with E-state index in [-0.39, 0.29) is 5.91 Å². The lowest BCUT2D eigenvalue weighted by atomic mass is 9.91. The van der Waals surface area contributed by atoms with Crippen LogP contribution in [0.2, 0.25) is 10.0 Å². The molecule has 142 valence electrons. The average Bonchev–Trinajstić information content (AvgIpc) is 2.75. The van der Waals surface area contributed by atoms with Crippen LogP contribution in [-0.2, 0) is 11.2 Å². The van der Waals surface area contributed by atoms with Gasteiger partial charge < -0.3 is 10.0 Å². The molecule has 1 N–H and O–H groups in total. The van der Waals surface area contributed by atoms with Crippen LogP contribution in [0.4, 0.5) is 10.5 Å². The Morgan fingerprint density at radius 3 is 2.15 bits per heavy atom. The lowest BCUT2D eigenvalue weighted by molar-refractivity contribution is -0.123. The standard InChI is InChI=1S/C19H17Cl3N2O3/c1-19(10-11-3-5-12(6-4-11)16(22)25)17(26)24(18(27)23(19)2)15-8-13(20)7-14(21)9-15/h3-9,16,25H,10H2,1-2H3. The summed E-state index contributed by atoms with van der Waals surface area (Å²) in [5.74, 6) is -0.366. The van der Waals surface area contributed by atoms with Crippen molar-refractivity contribution < 1.29 is 14.7 Å². The van der Waals surface area contributed by atoms with Crippen LogP contribution in [0.5, 0.6) is 0 Å². The van der Waals surface area contributed by atoms with E-state index in [2.05, 4.69) is 0 Å². The minimum absolute atomic E-state index is 0.303. The Bertz CT molecular complexity index is 881. The normalized spacial score (nSPS) is 21.1. The predicted octanol–water partition coefficient (Wildman–Crippen LogP) is 4.62. The molecule has 1 aliphatic rings. The van der Waals surface area contributed by atoms with Gasteiger partial charge in [-0.2, -0.15) is 0 Å². The fourth-order valence-electron chi connectivity index (χ4n) is 3.11. The van der Waals surface area contributed by atoms with Crippen LogP contribution in [-0.4, -0.2) is 34.5 Å². The van der Waals surface area contributed by atoms with Crippen molar-refractivity contribution in [3.8, 4) is 0 Å². The van der Waals surface area contributed by atoms with Crippen LogP contribution in [0.25, 0.3) is 0 Å². The van der Waals surface area contributed by atoms with Gasteiger partial charge in [0.1, 0.15) is 5.54 Å². The maximum absolute atomic E-state index is 13.2. The monoisotopic (exact) mass is 426 g/mol. The third-order valence-electron chi connectivity index (χ3n) is 4.79. The number of anilines is 1. The van der Waals surface area contributed by atoms with Gasteiger partial charge in [-0.1, -0.05) is 59.1 Å². The van der Waals surface area contributed by atoms with Crippen LogP contribution in [0.1, 0.15) is 23.6 Å². The quantitative estimate of drug-likeness (QED) is 0.572. The van der Waals surface area contributed by atoms with Crippen LogP contribution in [0.3, 0.4) is 0 Å². The Balaban J connectivity index is 1.93. The smallest absolute Gasteiger partial charge is 0.332 e. The van der Waals surface area contributed by atoms with Crippen molar-refractivity contribution in [2.45, 2.75) is 24.4 Å². The maximum Gasteiger partial charge on any atom is 0.332 e. The Hall–Kier alpha value is -1.79. The summed E-state index contributed by atoms with van der Waals surface area (Å²) in [5, 5.41) is 10.1. The Morgan fingerprint density at radius 1 is 1.07 bits per heavy atom. The summed E-state index contributed by atoms with van der Waals surface area (Å²) in [7, 11) is 1.59. The van der Waals surface area contributed by atoms with Crippen molar-refractivity contribution >= 4 is 52.4 Å². The number of benzene rings is 2. The fraction of sp³-hybridized carbons (Fsp3) is 0.263. The van der Waals surface area contributed by atoms with Gasteiger partial charge >= 0.3 is 6.03 Å². The number of halogens is 3. The zero-order valence-corrected chi connectivity index (χ0v) is 16.9. The number of aliphatic hydroxyl groups excluding tert-OH is 1. The number of imide groups is 1. The molecule has 1 heterocycles. The van der Waals surface area contributed by atoms with Gasteiger partial charge in [-0.15, -0.1) is 0 Å². The van der Waals surface area contributed by atoms with Gasteiger partial charge in [-0.3, -0.25) is 4.79 Å². The maximum atomic E-state index is 13.2. The number of hydrogen-bond acceptors (Lipinski definition) is 3. The molecule has 1 saturated heterocycles. The Morgan fingerprint density at radius 2 is 1.63 bits per heavy atom. The highest BCUT2D eigenvalue weighted by molar-refractivity contribution is 6.35. The summed E-state index contributed by atoms with van der Waals surface area (Å²) in [6, 6.07) is 11.1. The molecule has 0 radical (unpaired) electrons. The number of amides is 3. The first kappa shape index (κ1) is 20.0. The Labute approximate surface area is 172 Å². The van der Waals surface area contributed by atoms with Crippen LogP contribution in [0.15, 0.2) is 42.5 Å². The van der Waals surface area contributed by atoms with Gasteiger partial charge in [0.25, 0.3) is 5.91 Å². The zero-order valence-electron chi connectivity index (χ0n) is 14.6. The fourth-order valence-corrected chi connectivity index (χ4v) is 3.77.